The molecule has 1 aliphatic rings. The summed E-state index contributed by atoms with van der Waals surface area (Å²) in [5, 5.41) is 6.14. The van der Waals surface area contributed by atoms with Crippen molar-refractivity contribution in [2.45, 2.75) is 27.7 Å². The molecule has 6 heteroatoms. The Hall–Kier alpha value is -4.42. The number of amides is 2. The summed E-state index contributed by atoms with van der Waals surface area (Å²) >= 11 is 0. The first-order valence-electron chi connectivity index (χ1n) is 13.9. The highest BCUT2D eigenvalue weighted by molar-refractivity contribution is 6.36. The highest BCUT2D eigenvalue weighted by Gasteiger charge is 2.28. The van der Waals surface area contributed by atoms with Gasteiger partial charge < -0.3 is 20.5 Å². The first-order chi connectivity index (χ1) is 19.4. The first-order valence-corrected chi connectivity index (χ1v) is 13.9. The second-order valence-electron chi connectivity index (χ2n) is 10.1. The number of rotatable bonds is 9. The Morgan fingerprint density at radius 3 is 2.20 bits per heavy atom. The number of likely N-dealkylation sites (N-methyl/N-ethyl adjacent to an activating group) is 1. The second-order valence-corrected chi connectivity index (χ2v) is 10.1. The van der Waals surface area contributed by atoms with Gasteiger partial charge in [0.1, 0.15) is 0 Å². The van der Waals surface area contributed by atoms with Crippen LogP contribution >= 0.6 is 0 Å². The number of nitrogens with zero attached hydrogens (tertiary/aromatic N) is 1. The van der Waals surface area contributed by atoms with Crippen LogP contribution in [0.2, 0.25) is 0 Å². The van der Waals surface area contributed by atoms with Crippen molar-refractivity contribution in [3.05, 3.63) is 101 Å². The summed E-state index contributed by atoms with van der Waals surface area (Å²) in [5.41, 5.74) is 9.58. The maximum Gasteiger partial charge on any atom is 0.256 e. The zero-order valence-electron chi connectivity index (χ0n) is 23.6. The fraction of sp³-hybridized carbons (Fsp3) is 0.235. The zero-order valence-corrected chi connectivity index (χ0v) is 23.6. The summed E-state index contributed by atoms with van der Waals surface area (Å²) in [7, 11) is 0. The number of aryl methyl sites for hydroxylation is 1. The molecule has 5 rings (SSSR count). The van der Waals surface area contributed by atoms with Gasteiger partial charge in [-0.05, 0) is 55.3 Å². The van der Waals surface area contributed by atoms with Crippen molar-refractivity contribution >= 4 is 29.2 Å². The number of fused-ring (bicyclic) bond motifs is 1. The van der Waals surface area contributed by atoms with E-state index in [4.69, 9.17) is 0 Å². The van der Waals surface area contributed by atoms with E-state index in [-0.39, 0.29) is 11.8 Å². The Morgan fingerprint density at radius 2 is 1.50 bits per heavy atom. The van der Waals surface area contributed by atoms with Crippen LogP contribution in [0, 0.1) is 13.8 Å². The number of hydrogen-bond donors (Lipinski definition) is 3. The molecular formula is C34H36N4O2. The van der Waals surface area contributed by atoms with E-state index in [2.05, 4.69) is 70.8 Å². The zero-order chi connectivity index (χ0) is 28.2. The van der Waals surface area contributed by atoms with E-state index in [1.807, 2.05) is 56.3 Å². The first kappa shape index (κ1) is 27.2. The topological polar surface area (TPSA) is 77.2 Å². The van der Waals surface area contributed by atoms with Crippen molar-refractivity contribution in [2.24, 2.45) is 0 Å². The van der Waals surface area contributed by atoms with Crippen LogP contribution in [0.4, 0.5) is 5.69 Å². The summed E-state index contributed by atoms with van der Waals surface area (Å²) in [6, 6.07) is 24.7. The molecule has 204 valence electrons. The molecule has 3 N–H and O–H groups in total. The van der Waals surface area contributed by atoms with E-state index in [1.165, 1.54) is 5.56 Å². The van der Waals surface area contributed by atoms with Crippen molar-refractivity contribution in [3.63, 3.8) is 0 Å². The number of para-hydroxylation sites is 1. The molecule has 0 bridgehead atoms. The molecule has 2 amide bonds. The molecule has 0 radical (unpaired) electrons. The Bertz CT molecular complexity index is 1560. The van der Waals surface area contributed by atoms with Crippen LogP contribution in [0.25, 0.3) is 33.9 Å². The van der Waals surface area contributed by atoms with E-state index in [9.17, 15) is 9.59 Å². The van der Waals surface area contributed by atoms with Gasteiger partial charge in [0.2, 0.25) is 0 Å². The molecular weight excluding hydrogens is 496 g/mol. The van der Waals surface area contributed by atoms with Crippen molar-refractivity contribution in [1.82, 2.24) is 15.2 Å². The number of carbonyl (C=O) groups is 2. The Morgan fingerprint density at radius 1 is 0.850 bits per heavy atom. The van der Waals surface area contributed by atoms with E-state index < -0.39 is 0 Å². The van der Waals surface area contributed by atoms with Crippen LogP contribution in [0.15, 0.2) is 72.8 Å². The second kappa shape index (κ2) is 11.8. The Balaban J connectivity index is 1.41. The van der Waals surface area contributed by atoms with Crippen LogP contribution in [0.3, 0.4) is 0 Å². The Kier molecular flexibility index (Phi) is 7.99. The number of carbonyl (C=O) groups excluding carboxylic acids is 2. The molecule has 2 heterocycles. The van der Waals surface area contributed by atoms with Gasteiger partial charge in [0.15, 0.2) is 0 Å². The summed E-state index contributed by atoms with van der Waals surface area (Å²) < 4.78 is 0. The van der Waals surface area contributed by atoms with Gasteiger partial charge in [-0.1, -0.05) is 86.6 Å². The molecule has 0 aliphatic carbocycles. The van der Waals surface area contributed by atoms with Crippen molar-refractivity contribution in [1.29, 1.82) is 0 Å². The number of benzene rings is 3. The minimum atomic E-state index is -0.153. The third-order valence-corrected chi connectivity index (χ3v) is 7.74. The molecule has 0 fully saturated rings. The van der Waals surface area contributed by atoms with Gasteiger partial charge in [0, 0.05) is 35.6 Å². The number of H-pyrrole nitrogens is 1. The van der Waals surface area contributed by atoms with Gasteiger partial charge in [-0.3, -0.25) is 9.59 Å². The van der Waals surface area contributed by atoms with Gasteiger partial charge in [0.25, 0.3) is 11.8 Å². The van der Waals surface area contributed by atoms with Crippen LogP contribution in [0.1, 0.15) is 46.7 Å². The molecule has 1 aliphatic heterocycles. The van der Waals surface area contributed by atoms with Crippen LogP contribution < -0.4 is 10.6 Å². The highest BCUT2D eigenvalue weighted by atomic mass is 16.2. The lowest BCUT2D eigenvalue weighted by atomic mass is 9.96. The minimum Gasteiger partial charge on any atom is -0.358 e. The number of aromatic amines is 1. The van der Waals surface area contributed by atoms with Crippen molar-refractivity contribution in [2.75, 3.05) is 31.5 Å². The van der Waals surface area contributed by atoms with Gasteiger partial charge in [-0.25, -0.2) is 0 Å². The average molecular weight is 533 g/mol. The number of anilines is 1. The van der Waals surface area contributed by atoms with Crippen molar-refractivity contribution < 1.29 is 9.59 Å². The fourth-order valence-corrected chi connectivity index (χ4v) is 5.43. The molecule has 0 saturated heterocycles. The third kappa shape index (κ3) is 5.36. The quantitative estimate of drug-likeness (QED) is 0.215. The number of aromatic nitrogens is 1. The molecule has 4 aromatic rings. The molecule has 0 saturated carbocycles. The lowest BCUT2D eigenvalue weighted by Gasteiger charge is -2.18. The van der Waals surface area contributed by atoms with E-state index in [0.717, 1.165) is 64.5 Å². The van der Waals surface area contributed by atoms with Gasteiger partial charge in [-0.15, -0.1) is 0 Å². The van der Waals surface area contributed by atoms with Gasteiger partial charge in [0.05, 0.1) is 16.8 Å². The molecule has 0 unspecified atom stereocenters. The number of hydrogen-bond acceptors (Lipinski definition) is 3. The highest BCUT2D eigenvalue weighted by Crippen LogP contribution is 2.41. The predicted molar refractivity (Wildman–Crippen MR) is 164 cm³/mol. The molecule has 6 nitrogen and oxygen atoms in total. The SMILES string of the molecule is CCN(CC)CCNC(=O)c1c(C)[nH]c(C=C2C(=O)Nc3c2cccc3-c2ccc(-c3ccccc3)cc2)c1C. The smallest absolute Gasteiger partial charge is 0.256 e. The molecule has 0 atom stereocenters. The largest absolute Gasteiger partial charge is 0.358 e. The summed E-state index contributed by atoms with van der Waals surface area (Å²) in [6.07, 6.45) is 1.86. The monoisotopic (exact) mass is 532 g/mol. The van der Waals surface area contributed by atoms with E-state index >= 15 is 0 Å². The van der Waals surface area contributed by atoms with Crippen LogP contribution in [-0.2, 0) is 4.79 Å². The lowest BCUT2D eigenvalue weighted by molar-refractivity contribution is -0.110. The molecule has 0 spiro atoms. The third-order valence-electron chi connectivity index (χ3n) is 7.74. The maximum atomic E-state index is 13.2. The van der Waals surface area contributed by atoms with Crippen LogP contribution in [-0.4, -0.2) is 47.9 Å². The number of nitrogens with one attached hydrogen (secondary N) is 3. The summed E-state index contributed by atoms with van der Waals surface area (Å²) in [4.78, 5) is 31.8. The fourth-order valence-electron chi connectivity index (χ4n) is 5.43. The van der Waals surface area contributed by atoms with Crippen molar-refractivity contribution in [3.8, 4) is 22.3 Å². The minimum absolute atomic E-state index is 0.0967. The summed E-state index contributed by atoms with van der Waals surface area (Å²) in [6.45, 7) is 11.4. The van der Waals surface area contributed by atoms with E-state index in [1.54, 1.807) is 0 Å². The van der Waals surface area contributed by atoms with Gasteiger partial charge >= 0.3 is 0 Å². The lowest BCUT2D eigenvalue weighted by Crippen LogP contribution is -2.35. The molecule has 40 heavy (non-hydrogen) atoms. The maximum absolute atomic E-state index is 13.2. The standard InChI is InChI=1S/C34H36N4O2/c1-5-38(6-2)20-19-35-34(40)31-22(3)30(36-23(31)4)21-29-28-14-10-13-27(32(28)37-33(29)39)26-17-15-25(16-18-26)24-11-8-7-9-12-24/h7-18,21,36H,5-6,19-20H2,1-4H3,(H,35,40)(H,37,39). The average Bonchev–Trinajstić information content (AvgIpc) is 3.45. The van der Waals surface area contributed by atoms with Crippen LogP contribution in [0.5, 0.6) is 0 Å². The van der Waals surface area contributed by atoms with E-state index in [0.29, 0.717) is 17.7 Å². The molecule has 3 aromatic carbocycles. The molecule has 1 aromatic heterocycles. The normalized spacial score (nSPS) is 13.5. The predicted octanol–water partition coefficient (Wildman–Crippen LogP) is 6.53. The van der Waals surface area contributed by atoms with Gasteiger partial charge in [-0.2, -0.15) is 0 Å². The summed E-state index contributed by atoms with van der Waals surface area (Å²) in [5.74, 6) is -0.249. The Labute approximate surface area is 236 Å².